The number of benzene rings is 3. The minimum atomic E-state index is -0.972. The number of carboxylic acids is 1. The lowest BCUT2D eigenvalue weighted by Gasteiger charge is -2.19. The number of hydrogen-bond acceptors (Lipinski definition) is 5. The van der Waals surface area contributed by atoms with Gasteiger partial charge in [-0.15, -0.1) is 0 Å². The zero-order chi connectivity index (χ0) is 28.2. The van der Waals surface area contributed by atoms with Crippen LogP contribution < -0.4 is 15.4 Å². The third-order valence-electron chi connectivity index (χ3n) is 5.58. The molecule has 0 heterocycles. The topological polar surface area (TPSA) is 91.0 Å². The third-order valence-corrected chi connectivity index (χ3v) is 6.29. The zero-order valence-corrected chi connectivity index (χ0v) is 23.9. The molecule has 3 N–H and O–H groups in total. The van der Waals surface area contributed by atoms with Crippen LogP contribution in [0.25, 0.3) is 0 Å². The Hall–Kier alpha value is -3.19. The Morgan fingerprint density at radius 2 is 1.63 bits per heavy atom. The average molecular weight is 561 g/mol. The molecule has 0 spiro atoms. The number of nitrogens with two attached hydrogens (primary N) is 1. The van der Waals surface area contributed by atoms with Crippen molar-refractivity contribution >= 4 is 29.2 Å². The summed E-state index contributed by atoms with van der Waals surface area (Å²) in [5, 5.41) is 10.3. The van der Waals surface area contributed by atoms with Crippen LogP contribution in [0.2, 0.25) is 10.0 Å². The normalized spacial score (nSPS) is 11.3. The second-order valence-electron chi connectivity index (χ2n) is 8.63. The number of halogens is 2. The van der Waals surface area contributed by atoms with Crippen LogP contribution in [0.3, 0.4) is 0 Å². The lowest BCUT2D eigenvalue weighted by Crippen LogP contribution is -2.15. The van der Waals surface area contributed by atoms with Crippen LogP contribution in [-0.4, -0.2) is 17.7 Å². The van der Waals surface area contributed by atoms with Gasteiger partial charge in [0, 0.05) is 28.0 Å². The van der Waals surface area contributed by atoms with E-state index in [0.29, 0.717) is 33.7 Å². The molecule has 0 unspecified atom stereocenters. The van der Waals surface area contributed by atoms with Gasteiger partial charge in [0.1, 0.15) is 30.5 Å². The van der Waals surface area contributed by atoms with E-state index in [1.165, 1.54) is 0 Å². The van der Waals surface area contributed by atoms with E-state index in [2.05, 4.69) is 0 Å². The largest absolute Gasteiger partial charge is 0.489 e. The van der Waals surface area contributed by atoms with E-state index in [4.69, 9.17) is 48.5 Å². The van der Waals surface area contributed by atoms with E-state index in [-0.39, 0.29) is 24.7 Å². The summed E-state index contributed by atoms with van der Waals surface area (Å²) < 4.78 is 12.0. The maximum atomic E-state index is 11.2. The SMILES string of the molecule is CC.Cc1cc(OC/C(Cc2c(Cl)cccc2Cl)=C(/ON)C(C)C)ccc1OCc1cccc(C(=O)O)c1. The van der Waals surface area contributed by atoms with Crippen LogP contribution in [0.5, 0.6) is 11.5 Å². The highest BCUT2D eigenvalue weighted by Crippen LogP contribution is 2.30. The van der Waals surface area contributed by atoms with Crippen LogP contribution in [0.4, 0.5) is 0 Å². The molecule has 0 bridgehead atoms. The molecule has 0 aromatic heterocycles. The Labute approximate surface area is 234 Å². The highest BCUT2D eigenvalue weighted by Gasteiger charge is 2.17. The van der Waals surface area contributed by atoms with Crippen molar-refractivity contribution in [3.63, 3.8) is 0 Å². The molecule has 204 valence electrons. The number of carbonyl (C=O) groups is 1. The summed E-state index contributed by atoms with van der Waals surface area (Å²) in [4.78, 5) is 16.4. The Morgan fingerprint density at radius 1 is 0.974 bits per heavy atom. The molecule has 0 saturated carbocycles. The van der Waals surface area contributed by atoms with Crippen LogP contribution in [0.15, 0.2) is 72.0 Å². The molecule has 0 fully saturated rings. The van der Waals surface area contributed by atoms with Gasteiger partial charge in [-0.1, -0.05) is 69.1 Å². The maximum absolute atomic E-state index is 11.2. The molecule has 6 nitrogen and oxygen atoms in total. The summed E-state index contributed by atoms with van der Waals surface area (Å²) in [6, 6.07) is 17.6. The second kappa shape index (κ2) is 15.3. The van der Waals surface area contributed by atoms with E-state index in [0.717, 1.165) is 22.3 Å². The molecule has 0 radical (unpaired) electrons. The van der Waals surface area contributed by atoms with Gasteiger partial charge in [-0.25, -0.2) is 4.79 Å². The van der Waals surface area contributed by atoms with Crippen LogP contribution in [0.1, 0.15) is 54.7 Å². The molecule has 3 aromatic rings. The van der Waals surface area contributed by atoms with Gasteiger partial charge in [0.05, 0.1) is 5.56 Å². The molecule has 0 amide bonds. The van der Waals surface area contributed by atoms with Crippen molar-refractivity contribution in [1.29, 1.82) is 0 Å². The van der Waals surface area contributed by atoms with Crippen molar-refractivity contribution < 1.29 is 24.2 Å². The van der Waals surface area contributed by atoms with Gasteiger partial charge in [-0.05, 0) is 66.1 Å². The predicted octanol–water partition coefficient (Wildman–Crippen LogP) is 8.03. The van der Waals surface area contributed by atoms with Crippen molar-refractivity contribution in [2.24, 2.45) is 11.8 Å². The lowest BCUT2D eigenvalue weighted by atomic mass is 10.00. The molecule has 0 saturated heterocycles. The molecule has 0 atom stereocenters. The Kier molecular flexibility index (Phi) is 12.5. The Bertz CT molecular complexity index is 1240. The van der Waals surface area contributed by atoms with Gasteiger partial charge in [0.25, 0.3) is 0 Å². The number of allylic oxidation sites excluding steroid dienone is 1. The minimum Gasteiger partial charge on any atom is -0.489 e. The molecule has 0 aliphatic rings. The highest BCUT2D eigenvalue weighted by atomic mass is 35.5. The molecule has 0 aliphatic heterocycles. The number of aromatic carboxylic acids is 1. The van der Waals surface area contributed by atoms with E-state index in [1.807, 2.05) is 58.9 Å². The van der Waals surface area contributed by atoms with E-state index >= 15 is 0 Å². The number of aryl methyl sites for hydroxylation is 1. The van der Waals surface area contributed by atoms with Crippen LogP contribution in [0, 0.1) is 12.8 Å². The predicted molar refractivity (Wildman–Crippen MR) is 153 cm³/mol. The fourth-order valence-electron chi connectivity index (χ4n) is 3.75. The van der Waals surface area contributed by atoms with Crippen molar-refractivity contribution in [3.05, 3.63) is 104 Å². The van der Waals surface area contributed by atoms with Gasteiger partial charge in [-0.3, -0.25) is 0 Å². The van der Waals surface area contributed by atoms with Crippen molar-refractivity contribution in [2.45, 2.75) is 47.6 Å². The summed E-state index contributed by atoms with van der Waals surface area (Å²) in [6.07, 6.45) is 0.429. The quantitative estimate of drug-likeness (QED) is 0.182. The molecular weight excluding hydrogens is 525 g/mol. The maximum Gasteiger partial charge on any atom is 0.335 e. The molecule has 3 aromatic carbocycles. The molecule has 0 aliphatic carbocycles. The van der Waals surface area contributed by atoms with Gasteiger partial charge in [0.15, 0.2) is 0 Å². The van der Waals surface area contributed by atoms with Crippen molar-refractivity contribution in [3.8, 4) is 11.5 Å². The zero-order valence-electron chi connectivity index (χ0n) is 22.4. The summed E-state index contributed by atoms with van der Waals surface area (Å²) in [6.45, 7) is 10.4. The first-order chi connectivity index (χ1) is 18.2. The minimum absolute atomic E-state index is 0.0343. The first kappa shape index (κ1) is 31.0. The molecule has 8 heteroatoms. The third kappa shape index (κ3) is 8.69. The lowest BCUT2D eigenvalue weighted by molar-refractivity contribution is 0.0696. The van der Waals surface area contributed by atoms with E-state index < -0.39 is 5.97 Å². The van der Waals surface area contributed by atoms with Gasteiger partial charge < -0.3 is 19.4 Å². The van der Waals surface area contributed by atoms with Crippen LogP contribution >= 0.6 is 23.2 Å². The van der Waals surface area contributed by atoms with Gasteiger partial charge >= 0.3 is 5.97 Å². The smallest absolute Gasteiger partial charge is 0.335 e. The highest BCUT2D eigenvalue weighted by molar-refractivity contribution is 6.36. The molecule has 38 heavy (non-hydrogen) atoms. The second-order valence-corrected chi connectivity index (χ2v) is 9.44. The van der Waals surface area contributed by atoms with Gasteiger partial charge in [-0.2, -0.15) is 5.90 Å². The summed E-state index contributed by atoms with van der Waals surface area (Å²) in [5.41, 5.74) is 3.48. The summed E-state index contributed by atoms with van der Waals surface area (Å²) >= 11 is 12.8. The average Bonchev–Trinajstić information content (AvgIpc) is 2.90. The number of hydrogen-bond donors (Lipinski definition) is 2. The number of rotatable bonds is 11. The number of carboxylic acid groups (broad SMARTS) is 1. The van der Waals surface area contributed by atoms with Crippen molar-refractivity contribution in [2.75, 3.05) is 6.61 Å². The van der Waals surface area contributed by atoms with Crippen molar-refractivity contribution in [1.82, 2.24) is 0 Å². The number of ether oxygens (including phenoxy) is 2. The monoisotopic (exact) mass is 559 g/mol. The Morgan fingerprint density at radius 3 is 2.21 bits per heavy atom. The summed E-state index contributed by atoms with van der Waals surface area (Å²) in [5.74, 6) is 6.60. The first-order valence-corrected chi connectivity index (χ1v) is 13.1. The van der Waals surface area contributed by atoms with E-state index in [9.17, 15) is 4.79 Å². The van der Waals surface area contributed by atoms with E-state index in [1.54, 1.807) is 36.4 Å². The summed E-state index contributed by atoms with van der Waals surface area (Å²) in [7, 11) is 0. The fourth-order valence-corrected chi connectivity index (χ4v) is 4.28. The fraction of sp³-hybridized carbons (Fsp3) is 0.300. The van der Waals surface area contributed by atoms with Crippen LogP contribution in [-0.2, 0) is 17.9 Å². The first-order valence-electron chi connectivity index (χ1n) is 12.4. The van der Waals surface area contributed by atoms with Gasteiger partial charge in [0.2, 0.25) is 0 Å². The molecule has 3 rings (SSSR count). The standard InChI is InChI=1S/C28H29Cl2NO5.C2H6/c1-17(2)27(36-31)21(14-23-24(29)8-5-9-25(23)30)16-34-22-10-11-26(18(3)12-22)35-15-19-6-4-7-20(13-19)28(32)33;1-2/h4-13,17H,14-16,31H2,1-3H3,(H,32,33);1-2H3/b27-21+;. The molecular formula is C30H35Cl2NO5. The Balaban J connectivity index is 0.00000247.